The highest BCUT2D eigenvalue weighted by molar-refractivity contribution is 6.53. The number of hydrogen-bond acceptors (Lipinski definition) is 6. The van der Waals surface area contributed by atoms with Crippen molar-refractivity contribution in [3.63, 3.8) is 0 Å². The average Bonchev–Trinajstić information content (AvgIpc) is 2.96. The van der Waals surface area contributed by atoms with Gasteiger partial charge in [-0.25, -0.2) is 0 Å². The molecule has 0 atom stereocenters. The molecular formula is C18H17N3O4. The van der Waals surface area contributed by atoms with Crippen LogP contribution in [0, 0.1) is 0 Å². The molecule has 1 aliphatic heterocycles. The molecule has 25 heavy (non-hydrogen) atoms. The molecule has 0 radical (unpaired) electrons. The molecule has 3 rings (SSSR count). The van der Waals surface area contributed by atoms with Gasteiger partial charge in [-0.05, 0) is 42.0 Å². The number of carbonyl (C=O) groups excluding carboxylic acids is 1. The standard InChI is InChI=1S/C18H17N3O4/c1-23-12-5-6-14-13(9-12)17(18(22)20-14)21-19-10-11-4-7-15(24-2)16(8-11)25-3/h4-10H,1-3H3,(H,20,21,22)/b19-10+. The molecule has 2 aromatic carbocycles. The van der Waals surface area contributed by atoms with E-state index in [1.165, 1.54) is 0 Å². The van der Waals surface area contributed by atoms with Crippen molar-refractivity contribution in [2.24, 2.45) is 10.2 Å². The predicted octanol–water partition coefficient (Wildman–Crippen LogP) is 2.49. The zero-order valence-corrected chi connectivity index (χ0v) is 14.1. The van der Waals surface area contributed by atoms with E-state index in [0.29, 0.717) is 28.5 Å². The minimum atomic E-state index is -0.298. The Kier molecular flexibility index (Phi) is 4.65. The summed E-state index contributed by atoms with van der Waals surface area (Å²) in [5, 5.41) is 10.8. The number of nitrogens with one attached hydrogen (secondary N) is 1. The Hall–Kier alpha value is -3.35. The molecule has 1 aliphatic rings. The molecule has 1 N–H and O–H groups in total. The molecule has 0 aromatic heterocycles. The molecular weight excluding hydrogens is 322 g/mol. The summed E-state index contributed by atoms with van der Waals surface area (Å²) in [7, 11) is 4.70. The van der Waals surface area contributed by atoms with E-state index in [-0.39, 0.29) is 11.6 Å². The minimum Gasteiger partial charge on any atom is -0.497 e. The first-order valence-corrected chi connectivity index (χ1v) is 7.49. The van der Waals surface area contributed by atoms with Gasteiger partial charge in [0, 0.05) is 5.56 Å². The Labute approximate surface area is 144 Å². The van der Waals surface area contributed by atoms with Gasteiger partial charge in [-0.15, -0.1) is 5.10 Å². The number of ether oxygens (including phenoxy) is 3. The lowest BCUT2D eigenvalue weighted by Gasteiger charge is -2.07. The summed E-state index contributed by atoms with van der Waals surface area (Å²) in [6.07, 6.45) is 1.54. The number of carbonyl (C=O) groups is 1. The molecule has 2 aromatic rings. The van der Waals surface area contributed by atoms with Gasteiger partial charge in [-0.1, -0.05) is 0 Å². The van der Waals surface area contributed by atoms with E-state index in [2.05, 4.69) is 15.5 Å². The lowest BCUT2D eigenvalue weighted by molar-refractivity contribution is -0.110. The van der Waals surface area contributed by atoms with Crippen molar-refractivity contribution >= 4 is 23.5 Å². The Morgan fingerprint density at radius 2 is 1.76 bits per heavy atom. The van der Waals surface area contributed by atoms with Crippen LogP contribution in [0.5, 0.6) is 17.2 Å². The van der Waals surface area contributed by atoms with Gasteiger partial charge in [-0.2, -0.15) is 5.10 Å². The molecule has 0 aliphatic carbocycles. The zero-order chi connectivity index (χ0) is 17.8. The maximum absolute atomic E-state index is 12.1. The second-order valence-electron chi connectivity index (χ2n) is 5.17. The highest BCUT2D eigenvalue weighted by atomic mass is 16.5. The number of amides is 1. The van der Waals surface area contributed by atoms with E-state index in [0.717, 1.165) is 5.56 Å². The van der Waals surface area contributed by atoms with Gasteiger partial charge in [0.25, 0.3) is 5.91 Å². The van der Waals surface area contributed by atoms with Gasteiger partial charge in [0.15, 0.2) is 17.2 Å². The topological polar surface area (TPSA) is 81.5 Å². The Morgan fingerprint density at radius 3 is 2.48 bits per heavy atom. The summed E-state index contributed by atoms with van der Waals surface area (Å²) in [4.78, 5) is 12.1. The maximum Gasteiger partial charge on any atom is 0.276 e. The summed E-state index contributed by atoms with van der Waals surface area (Å²) in [6.45, 7) is 0. The van der Waals surface area contributed by atoms with Crippen molar-refractivity contribution in [1.82, 2.24) is 0 Å². The zero-order valence-electron chi connectivity index (χ0n) is 14.1. The summed E-state index contributed by atoms with van der Waals surface area (Å²) < 4.78 is 15.6. The highest BCUT2D eigenvalue weighted by Gasteiger charge is 2.26. The van der Waals surface area contributed by atoms with Crippen LogP contribution in [0.3, 0.4) is 0 Å². The third kappa shape index (κ3) is 3.30. The minimum absolute atomic E-state index is 0.241. The van der Waals surface area contributed by atoms with Gasteiger partial charge in [0.1, 0.15) is 5.75 Å². The third-order valence-corrected chi connectivity index (χ3v) is 3.72. The van der Waals surface area contributed by atoms with E-state index in [4.69, 9.17) is 14.2 Å². The van der Waals surface area contributed by atoms with E-state index in [1.807, 2.05) is 6.07 Å². The third-order valence-electron chi connectivity index (χ3n) is 3.72. The average molecular weight is 339 g/mol. The fraction of sp³-hybridized carbons (Fsp3) is 0.167. The van der Waals surface area contributed by atoms with Crippen LogP contribution in [0.1, 0.15) is 11.1 Å². The van der Waals surface area contributed by atoms with Crippen LogP contribution in [0.4, 0.5) is 5.69 Å². The first kappa shape index (κ1) is 16.5. The number of anilines is 1. The number of benzene rings is 2. The van der Waals surface area contributed by atoms with Crippen LogP contribution in [-0.2, 0) is 4.79 Å². The number of nitrogens with zero attached hydrogens (tertiary/aromatic N) is 2. The molecule has 1 heterocycles. The normalized spacial score (nSPS) is 14.5. The van der Waals surface area contributed by atoms with Crippen LogP contribution in [-0.4, -0.2) is 39.2 Å². The Morgan fingerprint density at radius 1 is 0.960 bits per heavy atom. The van der Waals surface area contributed by atoms with Crippen LogP contribution < -0.4 is 19.5 Å². The highest BCUT2D eigenvalue weighted by Crippen LogP contribution is 2.28. The van der Waals surface area contributed by atoms with Gasteiger partial charge < -0.3 is 19.5 Å². The van der Waals surface area contributed by atoms with Crippen molar-refractivity contribution in [2.45, 2.75) is 0 Å². The summed E-state index contributed by atoms with van der Waals surface area (Å²) in [5.74, 6) is 1.56. The molecule has 7 heteroatoms. The monoisotopic (exact) mass is 339 g/mol. The quantitative estimate of drug-likeness (QED) is 0.670. The van der Waals surface area contributed by atoms with Gasteiger partial charge >= 0.3 is 0 Å². The first-order chi connectivity index (χ1) is 12.2. The number of hydrogen-bond donors (Lipinski definition) is 1. The van der Waals surface area contributed by atoms with Crippen molar-refractivity contribution in [3.05, 3.63) is 47.5 Å². The number of methoxy groups -OCH3 is 3. The molecule has 1 amide bonds. The maximum atomic E-state index is 12.1. The van der Waals surface area contributed by atoms with Crippen LogP contribution >= 0.6 is 0 Å². The summed E-state index contributed by atoms with van der Waals surface area (Å²) in [6, 6.07) is 10.7. The first-order valence-electron chi connectivity index (χ1n) is 7.49. The molecule has 0 fully saturated rings. The number of rotatable bonds is 5. The van der Waals surface area contributed by atoms with Gasteiger partial charge in [0.2, 0.25) is 0 Å². The van der Waals surface area contributed by atoms with Gasteiger partial charge in [0.05, 0.1) is 33.2 Å². The SMILES string of the molecule is COc1ccc2c(c1)/C(=N\N=C\c1ccc(OC)c(OC)c1)C(=O)N2. The van der Waals surface area contributed by atoms with E-state index in [1.54, 1.807) is 57.9 Å². The molecule has 0 unspecified atom stereocenters. The molecule has 0 saturated carbocycles. The van der Waals surface area contributed by atoms with Crippen molar-refractivity contribution in [3.8, 4) is 17.2 Å². The number of fused-ring (bicyclic) bond motifs is 1. The second-order valence-corrected chi connectivity index (χ2v) is 5.17. The van der Waals surface area contributed by atoms with E-state index < -0.39 is 0 Å². The second kappa shape index (κ2) is 7.04. The smallest absolute Gasteiger partial charge is 0.276 e. The molecule has 7 nitrogen and oxygen atoms in total. The van der Waals surface area contributed by atoms with Crippen molar-refractivity contribution in [1.29, 1.82) is 0 Å². The van der Waals surface area contributed by atoms with Crippen LogP contribution in [0.2, 0.25) is 0 Å². The van der Waals surface area contributed by atoms with E-state index in [9.17, 15) is 4.79 Å². The van der Waals surface area contributed by atoms with Crippen LogP contribution in [0.25, 0.3) is 0 Å². The largest absolute Gasteiger partial charge is 0.497 e. The van der Waals surface area contributed by atoms with Crippen LogP contribution in [0.15, 0.2) is 46.6 Å². The fourth-order valence-electron chi connectivity index (χ4n) is 2.44. The van der Waals surface area contributed by atoms with Crippen molar-refractivity contribution < 1.29 is 19.0 Å². The Balaban J connectivity index is 1.87. The molecule has 0 bridgehead atoms. The summed E-state index contributed by atoms with van der Waals surface area (Å²) >= 11 is 0. The molecule has 128 valence electrons. The lowest BCUT2D eigenvalue weighted by Crippen LogP contribution is -2.13. The van der Waals surface area contributed by atoms with E-state index >= 15 is 0 Å². The van der Waals surface area contributed by atoms with Gasteiger partial charge in [-0.3, -0.25) is 4.79 Å². The Bertz CT molecular complexity index is 875. The predicted molar refractivity (Wildman–Crippen MR) is 95.3 cm³/mol. The summed E-state index contributed by atoms with van der Waals surface area (Å²) in [5.41, 5.74) is 2.36. The van der Waals surface area contributed by atoms with Crippen molar-refractivity contribution in [2.75, 3.05) is 26.6 Å². The lowest BCUT2D eigenvalue weighted by atomic mass is 10.1. The fourth-order valence-corrected chi connectivity index (χ4v) is 2.44. The molecule has 0 spiro atoms. The molecule has 0 saturated heterocycles.